The van der Waals surface area contributed by atoms with Crippen molar-refractivity contribution < 1.29 is 4.79 Å². The van der Waals surface area contributed by atoms with Crippen molar-refractivity contribution in [2.45, 2.75) is 6.92 Å². The van der Waals surface area contributed by atoms with E-state index in [9.17, 15) is 4.79 Å². The second-order valence-electron chi connectivity index (χ2n) is 2.82. The largest absolute Gasteiger partial charge is 0.361 e. The molecule has 0 radical (unpaired) electrons. The first-order valence-electron chi connectivity index (χ1n) is 3.96. The first-order chi connectivity index (χ1) is 6.25. The summed E-state index contributed by atoms with van der Waals surface area (Å²) in [4.78, 5) is 17.8. The molecule has 2 rings (SSSR count). The first kappa shape index (κ1) is 7.79. The number of aromatic nitrogens is 2. The molecule has 2 N–H and O–H groups in total. The predicted octanol–water partition coefficient (Wildman–Crippen LogP) is 1.52. The molecule has 4 nitrogen and oxygen atoms in total. The molecule has 66 valence electrons. The second kappa shape index (κ2) is 2.90. The number of nitrogens with one attached hydrogen (secondary N) is 2. The Morgan fingerprint density at radius 1 is 1.62 bits per heavy atom. The average molecular weight is 175 g/mol. The molecule has 1 amide bonds. The van der Waals surface area contributed by atoms with E-state index in [2.05, 4.69) is 15.3 Å². The number of carbonyl (C=O) groups excluding carboxylic acids is 1. The van der Waals surface area contributed by atoms with Crippen LogP contribution in [0.25, 0.3) is 10.9 Å². The lowest BCUT2D eigenvalue weighted by molar-refractivity contribution is -0.114. The highest BCUT2D eigenvalue weighted by molar-refractivity contribution is 5.90. The van der Waals surface area contributed by atoms with Crippen molar-refractivity contribution >= 4 is 22.6 Å². The van der Waals surface area contributed by atoms with Gasteiger partial charge >= 0.3 is 0 Å². The summed E-state index contributed by atoms with van der Waals surface area (Å²) in [5.41, 5.74) is 0.971. The van der Waals surface area contributed by atoms with Crippen LogP contribution >= 0.6 is 0 Å². The molecule has 0 spiro atoms. The van der Waals surface area contributed by atoms with E-state index in [0.717, 1.165) is 10.9 Å². The van der Waals surface area contributed by atoms with Crippen LogP contribution in [0, 0.1) is 0 Å². The Morgan fingerprint density at radius 2 is 2.46 bits per heavy atom. The smallest absolute Gasteiger partial charge is 0.222 e. The van der Waals surface area contributed by atoms with Gasteiger partial charge in [-0.3, -0.25) is 4.79 Å². The van der Waals surface area contributed by atoms with E-state index >= 15 is 0 Å². The molecule has 13 heavy (non-hydrogen) atoms. The number of carbonyl (C=O) groups is 1. The molecule has 0 aliphatic rings. The summed E-state index contributed by atoms with van der Waals surface area (Å²) in [7, 11) is 0. The minimum absolute atomic E-state index is 0.113. The molecule has 0 saturated carbocycles. The van der Waals surface area contributed by atoms with Crippen LogP contribution in [0.4, 0.5) is 5.82 Å². The molecular formula is C9H9N3O. The number of H-pyrrole nitrogens is 1. The number of hydrogen-bond donors (Lipinski definition) is 2. The van der Waals surface area contributed by atoms with Gasteiger partial charge in [0, 0.05) is 30.8 Å². The Morgan fingerprint density at radius 3 is 3.23 bits per heavy atom. The minimum atomic E-state index is -0.113. The number of rotatable bonds is 1. The third kappa shape index (κ3) is 1.51. The van der Waals surface area contributed by atoms with E-state index in [1.54, 1.807) is 12.3 Å². The monoisotopic (exact) mass is 175 g/mol. The Balaban J connectivity index is 2.42. The number of aromatic amines is 1. The number of fused-ring (bicyclic) bond motifs is 1. The van der Waals surface area contributed by atoms with Crippen LogP contribution in [0.3, 0.4) is 0 Å². The first-order valence-corrected chi connectivity index (χ1v) is 3.96. The molecule has 0 aromatic carbocycles. The van der Waals surface area contributed by atoms with Gasteiger partial charge in [0.1, 0.15) is 5.82 Å². The fourth-order valence-corrected chi connectivity index (χ4v) is 1.19. The lowest BCUT2D eigenvalue weighted by Gasteiger charge is -1.99. The summed E-state index contributed by atoms with van der Waals surface area (Å²) in [6.07, 6.45) is 3.56. The molecule has 4 heteroatoms. The van der Waals surface area contributed by atoms with Crippen LogP contribution in [-0.2, 0) is 4.79 Å². The van der Waals surface area contributed by atoms with Crippen LogP contribution in [0.5, 0.6) is 0 Å². The summed E-state index contributed by atoms with van der Waals surface area (Å²) >= 11 is 0. The molecule has 0 bridgehead atoms. The van der Waals surface area contributed by atoms with E-state index in [1.165, 1.54) is 6.92 Å². The van der Waals surface area contributed by atoms with E-state index in [0.29, 0.717) is 5.82 Å². The highest BCUT2D eigenvalue weighted by Crippen LogP contribution is 2.14. The Kier molecular flexibility index (Phi) is 1.73. The van der Waals surface area contributed by atoms with Crippen LogP contribution in [-0.4, -0.2) is 15.9 Å². The van der Waals surface area contributed by atoms with Gasteiger partial charge in [-0.2, -0.15) is 0 Å². The zero-order valence-electron chi connectivity index (χ0n) is 7.16. The number of nitrogens with zero attached hydrogens (tertiary/aromatic N) is 1. The van der Waals surface area contributed by atoms with Gasteiger partial charge in [-0.15, -0.1) is 0 Å². The van der Waals surface area contributed by atoms with Gasteiger partial charge in [-0.1, -0.05) is 0 Å². The molecule has 2 aromatic rings. The number of amides is 1. The Labute approximate surface area is 75.0 Å². The molecular weight excluding hydrogens is 166 g/mol. The van der Waals surface area contributed by atoms with Crippen LogP contribution in [0.1, 0.15) is 6.92 Å². The highest BCUT2D eigenvalue weighted by Gasteiger charge is 1.99. The molecule has 2 aromatic heterocycles. The average Bonchev–Trinajstić information content (AvgIpc) is 2.49. The Hall–Kier alpha value is -1.84. The number of anilines is 1. The van der Waals surface area contributed by atoms with E-state index in [-0.39, 0.29) is 5.91 Å². The fourth-order valence-electron chi connectivity index (χ4n) is 1.19. The van der Waals surface area contributed by atoms with E-state index in [1.807, 2.05) is 12.3 Å². The van der Waals surface area contributed by atoms with Gasteiger partial charge in [0.15, 0.2) is 0 Å². The second-order valence-corrected chi connectivity index (χ2v) is 2.82. The minimum Gasteiger partial charge on any atom is -0.361 e. The molecule has 0 saturated heterocycles. The maximum atomic E-state index is 10.7. The third-order valence-corrected chi connectivity index (χ3v) is 1.74. The van der Waals surface area contributed by atoms with Crippen molar-refractivity contribution in [1.82, 2.24) is 9.97 Å². The molecule has 0 aliphatic heterocycles. The van der Waals surface area contributed by atoms with Crippen LogP contribution in [0.2, 0.25) is 0 Å². The lowest BCUT2D eigenvalue weighted by Crippen LogP contribution is -2.06. The van der Waals surface area contributed by atoms with Gasteiger partial charge in [0.25, 0.3) is 0 Å². The number of hydrogen-bond acceptors (Lipinski definition) is 2. The van der Waals surface area contributed by atoms with Gasteiger partial charge in [-0.05, 0) is 6.07 Å². The van der Waals surface area contributed by atoms with Crippen molar-refractivity contribution in [3.05, 3.63) is 24.5 Å². The normalized spacial score (nSPS) is 10.2. The maximum absolute atomic E-state index is 10.7. The van der Waals surface area contributed by atoms with Crippen molar-refractivity contribution in [3.8, 4) is 0 Å². The van der Waals surface area contributed by atoms with Gasteiger partial charge in [0.2, 0.25) is 5.91 Å². The van der Waals surface area contributed by atoms with Gasteiger partial charge in [-0.25, -0.2) is 4.98 Å². The van der Waals surface area contributed by atoms with Crippen molar-refractivity contribution in [3.63, 3.8) is 0 Å². The highest BCUT2D eigenvalue weighted by atomic mass is 16.1. The van der Waals surface area contributed by atoms with E-state index < -0.39 is 0 Å². The molecule has 0 fully saturated rings. The zero-order valence-corrected chi connectivity index (χ0v) is 7.16. The molecule has 2 heterocycles. The van der Waals surface area contributed by atoms with Crippen molar-refractivity contribution in [1.29, 1.82) is 0 Å². The predicted molar refractivity (Wildman–Crippen MR) is 50.4 cm³/mol. The van der Waals surface area contributed by atoms with Crippen molar-refractivity contribution in [2.75, 3.05) is 5.32 Å². The quantitative estimate of drug-likeness (QED) is 0.690. The Bertz CT molecular complexity index is 447. The summed E-state index contributed by atoms with van der Waals surface area (Å²) in [5, 5.41) is 3.65. The molecule has 0 unspecified atom stereocenters. The topological polar surface area (TPSA) is 57.8 Å². The summed E-state index contributed by atoms with van der Waals surface area (Å²) in [6, 6.07) is 3.73. The zero-order chi connectivity index (χ0) is 9.26. The molecule has 0 aliphatic carbocycles. The van der Waals surface area contributed by atoms with Crippen LogP contribution < -0.4 is 5.32 Å². The van der Waals surface area contributed by atoms with Gasteiger partial charge in [0.05, 0.1) is 5.52 Å². The SMILES string of the molecule is CC(=O)Nc1cc2[nH]ccc2cn1. The summed E-state index contributed by atoms with van der Waals surface area (Å²) in [6.45, 7) is 1.46. The van der Waals surface area contributed by atoms with E-state index in [4.69, 9.17) is 0 Å². The van der Waals surface area contributed by atoms with Crippen LogP contribution in [0.15, 0.2) is 24.5 Å². The number of pyridine rings is 1. The molecule has 0 atom stereocenters. The summed E-state index contributed by atoms with van der Waals surface area (Å²) in [5.74, 6) is 0.459. The van der Waals surface area contributed by atoms with Gasteiger partial charge < -0.3 is 10.3 Å². The fraction of sp³-hybridized carbons (Fsp3) is 0.111. The standard InChI is InChI=1S/C9H9N3O/c1-6(13)12-9-4-8-7(5-11-9)2-3-10-8/h2-5,10H,1H3,(H,11,12,13). The third-order valence-electron chi connectivity index (χ3n) is 1.74. The lowest BCUT2D eigenvalue weighted by atomic mass is 10.3. The maximum Gasteiger partial charge on any atom is 0.222 e. The summed E-state index contributed by atoms with van der Waals surface area (Å²) < 4.78 is 0. The van der Waals surface area contributed by atoms with Crippen molar-refractivity contribution in [2.24, 2.45) is 0 Å².